The maximum Gasteiger partial charge on any atom is 0.209 e. The van der Waals surface area contributed by atoms with E-state index in [1.807, 2.05) is 48.7 Å². The van der Waals surface area contributed by atoms with Crippen LogP contribution in [-0.4, -0.2) is 35.2 Å². The first kappa shape index (κ1) is 22.5. The highest BCUT2D eigenvalue weighted by Gasteiger charge is 2.48. The molecule has 188 valence electrons. The van der Waals surface area contributed by atoms with Gasteiger partial charge in [-0.15, -0.1) is 0 Å². The van der Waals surface area contributed by atoms with Crippen molar-refractivity contribution in [2.24, 2.45) is 5.92 Å². The van der Waals surface area contributed by atoms with E-state index in [1.165, 1.54) is 12.1 Å². The van der Waals surface area contributed by atoms with E-state index in [2.05, 4.69) is 19.1 Å². The number of ether oxygens (including phenoxy) is 2. The lowest BCUT2D eigenvalue weighted by Crippen LogP contribution is -2.64. The number of para-hydroxylation sites is 2. The Morgan fingerprint density at radius 1 is 0.973 bits per heavy atom. The van der Waals surface area contributed by atoms with Gasteiger partial charge < -0.3 is 18.4 Å². The van der Waals surface area contributed by atoms with Crippen molar-refractivity contribution in [2.45, 2.75) is 37.8 Å². The number of piperidine rings is 3. The summed E-state index contributed by atoms with van der Waals surface area (Å²) >= 11 is 0. The van der Waals surface area contributed by atoms with Gasteiger partial charge >= 0.3 is 0 Å². The van der Waals surface area contributed by atoms with E-state index in [0.29, 0.717) is 17.6 Å². The van der Waals surface area contributed by atoms with E-state index in [1.54, 1.807) is 6.07 Å². The van der Waals surface area contributed by atoms with Crippen molar-refractivity contribution < 1.29 is 22.8 Å². The molecular weight excluding hydrogens is 467 g/mol. The van der Waals surface area contributed by atoms with Gasteiger partial charge in [0.05, 0.1) is 19.3 Å². The Morgan fingerprint density at radius 2 is 1.68 bits per heavy atom. The highest BCUT2D eigenvalue weighted by atomic mass is 19.1. The van der Waals surface area contributed by atoms with E-state index in [-0.39, 0.29) is 11.9 Å². The average molecular weight is 498 g/mol. The minimum atomic E-state index is -0.554. The molecule has 4 aromatic rings. The van der Waals surface area contributed by atoms with Crippen molar-refractivity contribution in [2.75, 3.05) is 19.6 Å². The Balaban J connectivity index is 1.18. The minimum Gasteiger partial charge on any atom is -0.484 e. The van der Waals surface area contributed by atoms with E-state index >= 15 is 0 Å². The third kappa shape index (κ3) is 3.74. The van der Waals surface area contributed by atoms with Gasteiger partial charge in [0, 0.05) is 36.0 Å². The summed E-state index contributed by atoms with van der Waals surface area (Å²) in [4.78, 5) is 4.84. The largest absolute Gasteiger partial charge is 0.484 e. The van der Waals surface area contributed by atoms with Gasteiger partial charge in [0.1, 0.15) is 41.6 Å². The molecule has 37 heavy (non-hydrogen) atoms. The molecule has 0 saturated carbocycles. The molecule has 2 bridgehead atoms. The maximum atomic E-state index is 13.7. The number of nitrogens with zero attached hydrogens (tertiary/aromatic N) is 2. The predicted molar refractivity (Wildman–Crippen MR) is 137 cm³/mol. The molecule has 4 aliphatic rings. The van der Waals surface area contributed by atoms with Crippen LogP contribution in [-0.2, 0) is 12.0 Å². The van der Waals surface area contributed by atoms with Crippen molar-refractivity contribution in [1.82, 2.24) is 4.98 Å². The van der Waals surface area contributed by atoms with E-state index in [9.17, 15) is 4.39 Å². The lowest BCUT2D eigenvalue weighted by Gasteiger charge is -2.51. The zero-order valence-corrected chi connectivity index (χ0v) is 20.9. The average Bonchev–Trinajstić information content (AvgIpc) is 3.38. The Bertz CT molecular complexity index is 1410. The van der Waals surface area contributed by atoms with Crippen molar-refractivity contribution in [3.63, 3.8) is 0 Å². The highest BCUT2D eigenvalue weighted by Crippen LogP contribution is 2.51. The molecule has 3 aromatic carbocycles. The molecule has 3 saturated heterocycles. The smallest absolute Gasteiger partial charge is 0.209 e. The normalized spacial score (nSPS) is 25.1. The number of oxazole rings is 1. The number of fused-ring (bicyclic) bond motifs is 5. The molecule has 5 nitrogen and oxygen atoms in total. The topological polar surface area (TPSA) is 44.5 Å². The molecule has 1 aromatic heterocycles. The number of benzene rings is 3. The molecular formula is C31H30FN2O3+. The van der Waals surface area contributed by atoms with Crippen molar-refractivity contribution >= 4 is 0 Å². The lowest BCUT2D eigenvalue weighted by molar-refractivity contribution is -0.958. The highest BCUT2D eigenvalue weighted by molar-refractivity contribution is 5.60. The van der Waals surface area contributed by atoms with Crippen LogP contribution in [0.1, 0.15) is 42.5 Å². The molecule has 1 unspecified atom stereocenters. The van der Waals surface area contributed by atoms with Crippen molar-refractivity contribution in [1.29, 1.82) is 0 Å². The third-order valence-corrected chi connectivity index (χ3v) is 8.67. The summed E-state index contributed by atoms with van der Waals surface area (Å²) < 4.78 is 33.8. The van der Waals surface area contributed by atoms with Crippen LogP contribution in [0.15, 0.2) is 83.4 Å². The summed E-state index contributed by atoms with van der Waals surface area (Å²) in [5, 5.41) is 0. The Labute approximate surface area is 216 Å². The van der Waals surface area contributed by atoms with Crippen LogP contribution in [0.4, 0.5) is 4.39 Å². The second-order valence-corrected chi connectivity index (χ2v) is 10.9. The van der Waals surface area contributed by atoms with E-state index < -0.39 is 5.41 Å². The fourth-order valence-corrected chi connectivity index (χ4v) is 6.67. The fraction of sp³-hybridized carbons (Fsp3) is 0.323. The van der Waals surface area contributed by atoms with Gasteiger partial charge in [0.2, 0.25) is 5.89 Å². The fourth-order valence-electron chi connectivity index (χ4n) is 6.67. The van der Waals surface area contributed by atoms with Crippen LogP contribution in [0, 0.1) is 11.7 Å². The van der Waals surface area contributed by atoms with Gasteiger partial charge in [-0.05, 0) is 31.2 Å². The summed E-state index contributed by atoms with van der Waals surface area (Å²) in [7, 11) is 0. The summed E-state index contributed by atoms with van der Waals surface area (Å²) in [6.07, 6.45) is 4.20. The number of halogens is 1. The number of hydrogen-bond donors (Lipinski definition) is 0. The Hall–Kier alpha value is -3.64. The van der Waals surface area contributed by atoms with Crippen molar-refractivity contribution in [3.05, 3.63) is 108 Å². The van der Waals surface area contributed by atoms with Crippen LogP contribution in [0.3, 0.4) is 0 Å². The standard InChI is InChI=1S/C31H30FN2O3/c1-31(25-9-2-4-11-27(25)37-28-12-5-3-10-26(28)31)30-33-18-24(36-30)19-34-15-13-21(14-16-34)29(20-34)35-23-8-6-7-22(32)17-23/h2-12,17-18,21,29H,13-16,19-20H2,1H3/q+1. The zero-order chi connectivity index (χ0) is 25.0. The van der Waals surface area contributed by atoms with E-state index in [4.69, 9.17) is 18.9 Å². The van der Waals surface area contributed by atoms with Crippen LogP contribution in [0.2, 0.25) is 0 Å². The Kier molecular flexibility index (Phi) is 5.15. The first-order valence-electron chi connectivity index (χ1n) is 13.1. The quantitative estimate of drug-likeness (QED) is 0.297. The minimum absolute atomic E-state index is 0.0819. The third-order valence-electron chi connectivity index (χ3n) is 8.67. The van der Waals surface area contributed by atoms with Crippen LogP contribution in [0.25, 0.3) is 0 Å². The van der Waals surface area contributed by atoms with Crippen LogP contribution in [0.5, 0.6) is 17.2 Å². The molecule has 0 amide bonds. The molecule has 5 heterocycles. The molecule has 4 aliphatic heterocycles. The number of hydrogen-bond acceptors (Lipinski definition) is 4. The van der Waals surface area contributed by atoms with Crippen LogP contribution >= 0.6 is 0 Å². The molecule has 0 aliphatic carbocycles. The molecule has 0 spiro atoms. The number of quaternary nitrogens is 1. The summed E-state index contributed by atoms with van der Waals surface area (Å²) in [6, 6.07) is 22.7. The van der Waals surface area contributed by atoms with Gasteiger partial charge in [-0.25, -0.2) is 9.37 Å². The van der Waals surface area contributed by atoms with Gasteiger partial charge in [0.25, 0.3) is 0 Å². The summed E-state index contributed by atoms with van der Waals surface area (Å²) in [5.74, 6) is 4.11. The molecule has 6 heteroatoms. The van der Waals surface area contributed by atoms with Gasteiger partial charge in [-0.2, -0.15) is 0 Å². The van der Waals surface area contributed by atoms with Gasteiger partial charge in [-0.1, -0.05) is 42.5 Å². The molecule has 1 atom stereocenters. The molecule has 0 N–H and O–H groups in total. The number of aromatic nitrogens is 1. The van der Waals surface area contributed by atoms with Crippen molar-refractivity contribution in [3.8, 4) is 17.2 Å². The maximum absolute atomic E-state index is 13.7. The first-order chi connectivity index (χ1) is 18.0. The molecule has 8 rings (SSSR count). The van der Waals surface area contributed by atoms with Gasteiger partial charge in [-0.3, -0.25) is 0 Å². The first-order valence-corrected chi connectivity index (χ1v) is 13.1. The summed E-state index contributed by atoms with van der Waals surface area (Å²) in [5.41, 5.74) is 1.55. The SMILES string of the molecule is CC1(c2ncc(C[N+]34CCC(CC3)C(Oc3cccc(F)c3)C4)o2)c2ccccc2Oc2ccccc21. The van der Waals surface area contributed by atoms with Crippen LogP contribution < -0.4 is 9.47 Å². The van der Waals surface area contributed by atoms with Gasteiger partial charge in [0.15, 0.2) is 11.9 Å². The molecule has 0 radical (unpaired) electrons. The zero-order valence-electron chi connectivity index (χ0n) is 20.9. The second-order valence-electron chi connectivity index (χ2n) is 10.9. The molecule has 3 fully saturated rings. The Morgan fingerprint density at radius 3 is 2.38 bits per heavy atom. The lowest BCUT2D eigenvalue weighted by atomic mass is 9.74. The predicted octanol–water partition coefficient (Wildman–Crippen LogP) is 6.46. The monoisotopic (exact) mass is 497 g/mol. The number of rotatable bonds is 5. The second kappa shape index (κ2) is 8.45. The summed E-state index contributed by atoms with van der Waals surface area (Å²) in [6.45, 7) is 6.04. The van der Waals surface area contributed by atoms with E-state index in [0.717, 1.165) is 71.9 Å².